The zero-order valence-electron chi connectivity index (χ0n) is 5.68. The molecule has 0 rings (SSSR count). The van der Waals surface area contributed by atoms with Crippen LogP contribution in [0.5, 0.6) is 0 Å². The van der Waals surface area contributed by atoms with Crippen molar-refractivity contribution in [3.05, 3.63) is 12.3 Å². The molecule has 0 spiro atoms. The predicted molar refractivity (Wildman–Crippen MR) is 36.8 cm³/mol. The molecule has 0 heterocycles. The highest BCUT2D eigenvalue weighted by molar-refractivity contribution is 5.36. The third-order valence-corrected chi connectivity index (χ3v) is 1.02. The summed E-state index contributed by atoms with van der Waals surface area (Å²) in [7, 11) is 0. The van der Waals surface area contributed by atoms with Crippen molar-refractivity contribution in [1.82, 2.24) is 0 Å². The molecule has 0 bridgehead atoms. The van der Waals surface area contributed by atoms with Crippen molar-refractivity contribution in [2.24, 2.45) is 4.99 Å². The largest absolute Gasteiger partial charge is 0.240 e. The van der Waals surface area contributed by atoms with Crippen LogP contribution in [0.3, 0.4) is 0 Å². The minimum absolute atomic E-state index is 0.631. The van der Waals surface area contributed by atoms with Gasteiger partial charge in [0.05, 0.1) is 0 Å². The van der Waals surface area contributed by atoms with E-state index in [0.29, 0.717) is 5.70 Å². The number of hydrogen-bond donors (Lipinski definition) is 0. The van der Waals surface area contributed by atoms with Gasteiger partial charge in [-0.25, -0.2) is 4.79 Å². The van der Waals surface area contributed by atoms with E-state index in [0.717, 1.165) is 19.3 Å². The molecule has 0 amide bonds. The first-order chi connectivity index (χ1) is 4.31. The van der Waals surface area contributed by atoms with Gasteiger partial charge in [0.15, 0.2) is 0 Å². The molecule has 0 unspecified atom stereocenters. The van der Waals surface area contributed by atoms with Crippen molar-refractivity contribution in [2.75, 3.05) is 0 Å². The molecule has 0 aromatic heterocycles. The third-order valence-electron chi connectivity index (χ3n) is 1.02. The molecule has 0 radical (unpaired) electrons. The summed E-state index contributed by atoms with van der Waals surface area (Å²) in [6.07, 6.45) is 4.41. The van der Waals surface area contributed by atoms with Gasteiger partial charge in [0, 0.05) is 5.70 Å². The molecule has 0 N–H and O–H groups in total. The number of nitrogens with zero attached hydrogens (tertiary/aromatic N) is 1. The zero-order valence-corrected chi connectivity index (χ0v) is 5.68. The number of rotatable bonds is 4. The Labute approximate surface area is 55.3 Å². The van der Waals surface area contributed by atoms with E-state index < -0.39 is 0 Å². The van der Waals surface area contributed by atoms with E-state index in [1.807, 2.05) is 0 Å². The molecule has 0 saturated heterocycles. The number of allylic oxidation sites excluding steroid dienone is 1. The van der Waals surface area contributed by atoms with Crippen LogP contribution in [0.15, 0.2) is 17.3 Å². The minimum atomic E-state index is 0.631. The summed E-state index contributed by atoms with van der Waals surface area (Å²) in [5, 5.41) is 0. The van der Waals surface area contributed by atoms with Crippen molar-refractivity contribution in [3.63, 3.8) is 0 Å². The molecular weight excluding hydrogens is 114 g/mol. The van der Waals surface area contributed by atoms with Crippen LogP contribution in [-0.2, 0) is 4.79 Å². The van der Waals surface area contributed by atoms with E-state index in [1.165, 1.54) is 6.08 Å². The maximum Gasteiger partial charge on any atom is 0.240 e. The first-order valence-corrected chi connectivity index (χ1v) is 3.07. The second-order valence-corrected chi connectivity index (χ2v) is 1.87. The van der Waals surface area contributed by atoms with Gasteiger partial charge in [-0.1, -0.05) is 19.9 Å². The second-order valence-electron chi connectivity index (χ2n) is 1.87. The Hall–Kier alpha value is -0.880. The van der Waals surface area contributed by atoms with Gasteiger partial charge in [-0.2, -0.15) is 4.99 Å². The van der Waals surface area contributed by atoms with Crippen LogP contribution in [0.2, 0.25) is 0 Å². The van der Waals surface area contributed by atoms with Crippen molar-refractivity contribution in [2.45, 2.75) is 26.2 Å². The van der Waals surface area contributed by atoms with E-state index >= 15 is 0 Å². The Kier molecular flexibility index (Phi) is 4.75. The van der Waals surface area contributed by atoms with Crippen molar-refractivity contribution >= 4 is 6.08 Å². The van der Waals surface area contributed by atoms with E-state index in [9.17, 15) is 4.79 Å². The lowest BCUT2D eigenvalue weighted by Gasteiger charge is -1.91. The molecular formula is C7H11NO. The molecule has 2 nitrogen and oxygen atoms in total. The molecule has 0 fully saturated rings. The molecule has 0 aromatic rings. The fourth-order valence-electron chi connectivity index (χ4n) is 0.501. The number of carbonyl (C=O) groups excluding carboxylic acids is 1. The van der Waals surface area contributed by atoms with Crippen LogP contribution in [0.25, 0.3) is 0 Å². The second kappa shape index (κ2) is 5.26. The summed E-state index contributed by atoms with van der Waals surface area (Å²) >= 11 is 0. The molecule has 0 aromatic carbocycles. The normalized spacial score (nSPS) is 8.11. The molecule has 2 heteroatoms. The Balaban J connectivity index is 3.39. The lowest BCUT2D eigenvalue weighted by atomic mass is 10.2. The van der Waals surface area contributed by atoms with Crippen LogP contribution in [0.1, 0.15) is 26.2 Å². The summed E-state index contributed by atoms with van der Waals surface area (Å²) in [6.45, 7) is 5.63. The zero-order chi connectivity index (χ0) is 7.11. The highest BCUT2D eigenvalue weighted by Gasteiger charge is 1.87. The van der Waals surface area contributed by atoms with Gasteiger partial charge in [0.2, 0.25) is 6.08 Å². The highest BCUT2D eigenvalue weighted by Crippen LogP contribution is 2.03. The van der Waals surface area contributed by atoms with Gasteiger partial charge in [0.25, 0.3) is 0 Å². The van der Waals surface area contributed by atoms with Crippen LogP contribution in [0, 0.1) is 0 Å². The Morgan fingerprint density at radius 3 is 2.89 bits per heavy atom. The molecule has 0 atom stereocenters. The SMILES string of the molecule is C=C(CCCC)N=C=O. The lowest BCUT2D eigenvalue weighted by molar-refractivity contribution is 0.564. The van der Waals surface area contributed by atoms with E-state index in [4.69, 9.17) is 0 Å². The average Bonchev–Trinajstić information content (AvgIpc) is 1.85. The fraction of sp³-hybridized carbons (Fsp3) is 0.571. The van der Waals surface area contributed by atoms with Crippen molar-refractivity contribution in [1.29, 1.82) is 0 Å². The average molecular weight is 125 g/mol. The molecule has 0 aliphatic rings. The summed E-state index contributed by atoms with van der Waals surface area (Å²) in [4.78, 5) is 13.0. The third kappa shape index (κ3) is 4.98. The van der Waals surface area contributed by atoms with Crippen molar-refractivity contribution in [3.8, 4) is 0 Å². The van der Waals surface area contributed by atoms with Gasteiger partial charge in [0.1, 0.15) is 0 Å². The predicted octanol–water partition coefficient (Wildman–Crippen LogP) is 2.03. The van der Waals surface area contributed by atoms with Crippen molar-refractivity contribution < 1.29 is 4.79 Å². The maximum absolute atomic E-state index is 9.63. The lowest BCUT2D eigenvalue weighted by Crippen LogP contribution is -1.75. The van der Waals surface area contributed by atoms with E-state index in [2.05, 4.69) is 18.5 Å². The van der Waals surface area contributed by atoms with Crippen LogP contribution >= 0.6 is 0 Å². The van der Waals surface area contributed by atoms with Gasteiger partial charge in [-0.15, -0.1) is 0 Å². The smallest absolute Gasteiger partial charge is 0.211 e. The molecule has 0 aliphatic carbocycles. The fourth-order valence-corrected chi connectivity index (χ4v) is 0.501. The summed E-state index contributed by atoms with van der Waals surface area (Å²) in [5.41, 5.74) is 0.631. The van der Waals surface area contributed by atoms with Gasteiger partial charge in [-0.3, -0.25) is 0 Å². The minimum Gasteiger partial charge on any atom is -0.211 e. The number of isocyanates is 1. The first kappa shape index (κ1) is 8.12. The number of hydrogen-bond acceptors (Lipinski definition) is 2. The van der Waals surface area contributed by atoms with Gasteiger partial charge in [-0.05, 0) is 12.8 Å². The molecule has 0 aliphatic heterocycles. The Bertz CT molecular complexity index is 134. The topological polar surface area (TPSA) is 29.4 Å². The summed E-state index contributed by atoms with van der Waals surface area (Å²) in [5.74, 6) is 0. The standard InChI is InChI=1S/C7H11NO/c1-3-4-5-7(2)8-6-9/h2-5H2,1H3. The van der Waals surface area contributed by atoms with Crippen LogP contribution in [0.4, 0.5) is 0 Å². The van der Waals surface area contributed by atoms with Gasteiger partial charge < -0.3 is 0 Å². The summed E-state index contributed by atoms with van der Waals surface area (Å²) < 4.78 is 0. The Morgan fingerprint density at radius 2 is 2.44 bits per heavy atom. The highest BCUT2D eigenvalue weighted by atomic mass is 16.1. The monoisotopic (exact) mass is 125 g/mol. The molecule has 0 saturated carbocycles. The molecule has 9 heavy (non-hydrogen) atoms. The van der Waals surface area contributed by atoms with E-state index in [-0.39, 0.29) is 0 Å². The maximum atomic E-state index is 9.63. The number of aliphatic imine (C=N–C) groups is 1. The van der Waals surface area contributed by atoms with Gasteiger partial charge >= 0.3 is 0 Å². The quantitative estimate of drug-likeness (QED) is 0.417. The number of unbranched alkanes of at least 4 members (excludes halogenated alkanes) is 1. The molecule has 50 valence electrons. The van der Waals surface area contributed by atoms with Crippen LogP contribution < -0.4 is 0 Å². The van der Waals surface area contributed by atoms with Crippen LogP contribution in [-0.4, -0.2) is 6.08 Å². The Morgan fingerprint density at radius 1 is 1.78 bits per heavy atom. The van der Waals surface area contributed by atoms with E-state index in [1.54, 1.807) is 0 Å². The summed E-state index contributed by atoms with van der Waals surface area (Å²) in [6, 6.07) is 0. The first-order valence-electron chi connectivity index (χ1n) is 3.07.